The number of esters is 1. The summed E-state index contributed by atoms with van der Waals surface area (Å²) in [5.74, 6) is -0.597. The summed E-state index contributed by atoms with van der Waals surface area (Å²) in [6.45, 7) is 3.95. The Labute approximate surface area is 131 Å². The highest BCUT2D eigenvalue weighted by Crippen LogP contribution is 2.31. The minimum Gasteiger partial charge on any atom is -0.461 e. The predicted octanol–water partition coefficient (Wildman–Crippen LogP) is 3.85. The first-order valence-corrected chi connectivity index (χ1v) is 7.64. The first kappa shape index (κ1) is 15.6. The highest BCUT2D eigenvalue weighted by Gasteiger charge is 2.20. The second-order valence-electron chi connectivity index (χ2n) is 4.58. The number of benzene rings is 1. The summed E-state index contributed by atoms with van der Waals surface area (Å²) in [6, 6.07) is 5.57. The Morgan fingerprint density at radius 3 is 2.76 bits per heavy atom. The van der Waals surface area contributed by atoms with Crippen LogP contribution >= 0.6 is 15.9 Å². The lowest BCUT2D eigenvalue weighted by atomic mass is 10.2. The molecule has 112 valence electrons. The van der Waals surface area contributed by atoms with Crippen molar-refractivity contribution in [2.45, 2.75) is 26.7 Å². The zero-order chi connectivity index (χ0) is 15.4. The zero-order valence-electron chi connectivity index (χ0n) is 12.0. The van der Waals surface area contributed by atoms with Crippen molar-refractivity contribution in [1.29, 1.82) is 0 Å². The van der Waals surface area contributed by atoms with E-state index in [2.05, 4.69) is 26.2 Å². The van der Waals surface area contributed by atoms with Crippen LogP contribution in [0.5, 0.6) is 0 Å². The second-order valence-corrected chi connectivity index (χ2v) is 5.50. The Bertz CT molecular complexity index is 679. The molecule has 21 heavy (non-hydrogen) atoms. The number of anilines is 1. The van der Waals surface area contributed by atoms with Crippen LogP contribution in [-0.4, -0.2) is 23.5 Å². The third kappa shape index (κ3) is 3.44. The lowest BCUT2D eigenvalue weighted by molar-refractivity contribution is -0.116. The number of fused-ring (bicyclic) bond motifs is 1. The van der Waals surface area contributed by atoms with Gasteiger partial charge in [0.05, 0.1) is 12.3 Å². The molecular weight excluding hydrogens is 336 g/mol. The highest BCUT2D eigenvalue weighted by atomic mass is 79.9. The molecule has 0 unspecified atom stereocenters. The van der Waals surface area contributed by atoms with E-state index in [4.69, 9.17) is 4.74 Å². The van der Waals surface area contributed by atoms with Crippen molar-refractivity contribution in [3.05, 3.63) is 28.4 Å². The predicted molar refractivity (Wildman–Crippen MR) is 85.5 cm³/mol. The summed E-state index contributed by atoms with van der Waals surface area (Å²) in [4.78, 5) is 26.9. The van der Waals surface area contributed by atoms with E-state index in [1.165, 1.54) is 0 Å². The van der Waals surface area contributed by atoms with E-state index in [0.29, 0.717) is 12.1 Å². The summed E-state index contributed by atoms with van der Waals surface area (Å²) >= 11 is 3.40. The van der Waals surface area contributed by atoms with E-state index in [9.17, 15) is 9.59 Å². The van der Waals surface area contributed by atoms with Gasteiger partial charge in [0.25, 0.3) is 0 Å². The van der Waals surface area contributed by atoms with Gasteiger partial charge in [-0.3, -0.25) is 4.79 Å². The molecule has 1 aromatic heterocycles. The molecule has 6 heteroatoms. The molecule has 0 fully saturated rings. The molecule has 0 bridgehead atoms. The average Bonchev–Trinajstić information content (AvgIpc) is 2.78. The Morgan fingerprint density at radius 2 is 2.10 bits per heavy atom. The SMILES string of the molecule is CCCC(=O)Nc1c(C(=O)OCC)[nH]c2ccc(Br)cc12. The van der Waals surface area contributed by atoms with Gasteiger partial charge in [-0.25, -0.2) is 4.79 Å². The van der Waals surface area contributed by atoms with Crippen molar-refractivity contribution in [2.75, 3.05) is 11.9 Å². The molecule has 0 atom stereocenters. The topological polar surface area (TPSA) is 71.2 Å². The molecule has 0 spiro atoms. The molecule has 1 aromatic carbocycles. The van der Waals surface area contributed by atoms with Crippen LogP contribution in [0.15, 0.2) is 22.7 Å². The first-order chi connectivity index (χ1) is 10.1. The lowest BCUT2D eigenvalue weighted by Gasteiger charge is -2.06. The summed E-state index contributed by atoms with van der Waals surface area (Å²) in [5, 5.41) is 3.58. The van der Waals surface area contributed by atoms with Gasteiger partial charge in [-0.15, -0.1) is 0 Å². The van der Waals surface area contributed by atoms with Gasteiger partial charge in [0.2, 0.25) is 5.91 Å². The zero-order valence-corrected chi connectivity index (χ0v) is 13.5. The Balaban J connectivity index is 2.50. The van der Waals surface area contributed by atoms with Crippen LogP contribution < -0.4 is 5.32 Å². The average molecular weight is 353 g/mol. The number of nitrogens with one attached hydrogen (secondary N) is 2. The lowest BCUT2D eigenvalue weighted by Crippen LogP contribution is -2.14. The molecule has 2 N–H and O–H groups in total. The number of carbonyl (C=O) groups excluding carboxylic acids is 2. The van der Waals surface area contributed by atoms with Gasteiger partial charge in [-0.1, -0.05) is 22.9 Å². The van der Waals surface area contributed by atoms with Crippen LogP contribution in [-0.2, 0) is 9.53 Å². The van der Waals surface area contributed by atoms with Gasteiger partial charge < -0.3 is 15.0 Å². The van der Waals surface area contributed by atoms with Crippen molar-refractivity contribution in [1.82, 2.24) is 4.98 Å². The molecule has 0 saturated heterocycles. The third-order valence-electron chi connectivity index (χ3n) is 2.98. The van der Waals surface area contributed by atoms with Crippen LogP contribution in [0.4, 0.5) is 5.69 Å². The molecule has 2 aromatic rings. The number of H-pyrrole nitrogens is 1. The summed E-state index contributed by atoms with van der Waals surface area (Å²) in [5.41, 5.74) is 1.52. The number of rotatable bonds is 5. The van der Waals surface area contributed by atoms with Crippen LogP contribution in [0.25, 0.3) is 10.9 Å². The summed E-state index contributed by atoms with van der Waals surface area (Å²) < 4.78 is 5.91. The first-order valence-electron chi connectivity index (χ1n) is 6.85. The maximum atomic E-state index is 12.0. The minimum atomic E-state index is -0.475. The number of aromatic nitrogens is 1. The van der Waals surface area contributed by atoms with Gasteiger partial charge in [0.1, 0.15) is 5.69 Å². The smallest absolute Gasteiger partial charge is 0.356 e. The molecule has 0 aliphatic carbocycles. The van der Waals surface area contributed by atoms with E-state index in [0.717, 1.165) is 21.8 Å². The van der Waals surface area contributed by atoms with E-state index in [-0.39, 0.29) is 18.2 Å². The molecule has 1 heterocycles. The number of aromatic amines is 1. The van der Waals surface area contributed by atoms with E-state index >= 15 is 0 Å². The van der Waals surface area contributed by atoms with Crippen LogP contribution in [0, 0.1) is 0 Å². The van der Waals surface area contributed by atoms with Crippen LogP contribution in [0.1, 0.15) is 37.2 Å². The molecule has 0 aliphatic heterocycles. The molecule has 1 amide bonds. The number of hydrogen-bond donors (Lipinski definition) is 2. The largest absolute Gasteiger partial charge is 0.461 e. The monoisotopic (exact) mass is 352 g/mol. The summed E-state index contributed by atoms with van der Waals surface area (Å²) in [6.07, 6.45) is 1.15. The maximum absolute atomic E-state index is 12.0. The Morgan fingerprint density at radius 1 is 1.33 bits per heavy atom. The van der Waals surface area contributed by atoms with Crippen molar-refractivity contribution >= 4 is 44.4 Å². The van der Waals surface area contributed by atoms with Crippen molar-refractivity contribution in [3.63, 3.8) is 0 Å². The fraction of sp³-hybridized carbons (Fsp3) is 0.333. The standard InChI is InChI=1S/C15H17BrN2O3/c1-3-5-12(19)18-13-10-8-9(16)6-7-11(10)17-14(13)15(20)21-4-2/h6-8,17H,3-5H2,1-2H3,(H,18,19). The number of hydrogen-bond acceptors (Lipinski definition) is 3. The van der Waals surface area contributed by atoms with Crippen LogP contribution in [0.3, 0.4) is 0 Å². The van der Waals surface area contributed by atoms with Crippen molar-refractivity contribution in [3.8, 4) is 0 Å². The van der Waals surface area contributed by atoms with E-state index in [1.54, 1.807) is 6.92 Å². The number of carbonyl (C=O) groups is 2. The van der Waals surface area contributed by atoms with Gasteiger partial charge in [0.15, 0.2) is 0 Å². The number of ether oxygens (including phenoxy) is 1. The molecular formula is C15H17BrN2O3. The van der Waals surface area contributed by atoms with E-state index < -0.39 is 5.97 Å². The minimum absolute atomic E-state index is 0.121. The van der Waals surface area contributed by atoms with Gasteiger partial charge in [-0.2, -0.15) is 0 Å². The van der Waals surface area contributed by atoms with Crippen molar-refractivity contribution in [2.24, 2.45) is 0 Å². The fourth-order valence-electron chi connectivity index (χ4n) is 2.08. The van der Waals surface area contributed by atoms with Gasteiger partial charge in [0, 0.05) is 21.8 Å². The molecule has 0 saturated carbocycles. The maximum Gasteiger partial charge on any atom is 0.356 e. The Hall–Kier alpha value is -1.82. The fourth-order valence-corrected chi connectivity index (χ4v) is 2.44. The van der Waals surface area contributed by atoms with Gasteiger partial charge in [-0.05, 0) is 31.5 Å². The second kappa shape index (κ2) is 6.76. The normalized spacial score (nSPS) is 10.6. The highest BCUT2D eigenvalue weighted by molar-refractivity contribution is 9.10. The number of amides is 1. The third-order valence-corrected chi connectivity index (χ3v) is 3.47. The van der Waals surface area contributed by atoms with E-state index in [1.807, 2.05) is 25.1 Å². The number of halogens is 1. The Kier molecular flexibility index (Phi) is 5.01. The molecule has 2 rings (SSSR count). The van der Waals surface area contributed by atoms with Gasteiger partial charge >= 0.3 is 5.97 Å². The molecule has 0 aliphatic rings. The van der Waals surface area contributed by atoms with Crippen molar-refractivity contribution < 1.29 is 14.3 Å². The summed E-state index contributed by atoms with van der Waals surface area (Å²) in [7, 11) is 0. The molecule has 0 radical (unpaired) electrons. The quantitative estimate of drug-likeness (QED) is 0.802. The molecule has 5 nitrogen and oxygen atoms in total. The van der Waals surface area contributed by atoms with Crippen LogP contribution in [0.2, 0.25) is 0 Å².